The normalized spacial score (nSPS) is 19.8. The van der Waals surface area contributed by atoms with E-state index in [1.807, 2.05) is 55.1 Å². The van der Waals surface area contributed by atoms with Crippen LogP contribution < -0.4 is 10.1 Å². The average molecular weight is 461 g/mol. The number of benzene rings is 2. The van der Waals surface area contributed by atoms with Gasteiger partial charge < -0.3 is 24.3 Å². The number of carbonyl (C=O) groups is 2. The Hall–Kier alpha value is -3.81. The number of amides is 2. The lowest BCUT2D eigenvalue weighted by molar-refractivity contribution is -0.135. The number of ether oxygens (including phenoxy) is 1. The summed E-state index contributed by atoms with van der Waals surface area (Å²) >= 11 is 0. The lowest BCUT2D eigenvalue weighted by atomic mass is 9.83. The quantitative estimate of drug-likeness (QED) is 0.638. The molecule has 8 nitrogen and oxygen atoms in total. The molecule has 2 amide bonds. The second-order valence-electron chi connectivity index (χ2n) is 9.45. The first kappa shape index (κ1) is 22.0. The van der Waals surface area contributed by atoms with Crippen LogP contribution in [0.5, 0.6) is 5.75 Å². The largest absolute Gasteiger partial charge is 0.496 e. The highest BCUT2D eigenvalue weighted by molar-refractivity contribution is 6.04. The van der Waals surface area contributed by atoms with Crippen molar-refractivity contribution in [1.29, 1.82) is 0 Å². The van der Waals surface area contributed by atoms with E-state index >= 15 is 0 Å². The topological polar surface area (TPSA) is 87.9 Å². The highest BCUT2D eigenvalue weighted by atomic mass is 16.5. The van der Waals surface area contributed by atoms with Crippen molar-refractivity contribution in [3.05, 3.63) is 66.2 Å². The van der Waals surface area contributed by atoms with Crippen molar-refractivity contribution in [3.63, 3.8) is 0 Å². The molecular formula is C26H28N4O4. The minimum absolute atomic E-state index is 0.0438. The fourth-order valence-electron chi connectivity index (χ4n) is 5.00. The number of hydrogen-bond acceptors (Lipinski definition) is 6. The fourth-order valence-corrected chi connectivity index (χ4v) is 5.00. The number of likely N-dealkylation sites (N-methyl/N-ethyl adjacent to an activating group) is 1. The highest BCUT2D eigenvalue weighted by Gasteiger charge is 2.50. The van der Waals surface area contributed by atoms with E-state index in [1.165, 1.54) is 6.39 Å². The molecule has 2 aliphatic heterocycles. The van der Waals surface area contributed by atoms with E-state index in [-0.39, 0.29) is 11.8 Å². The predicted octanol–water partition coefficient (Wildman–Crippen LogP) is 3.75. The number of nitrogens with zero attached hydrogens (tertiary/aromatic N) is 3. The molecule has 5 rings (SSSR count). The minimum atomic E-state index is -0.689. The molecule has 0 radical (unpaired) electrons. The number of carbonyl (C=O) groups excluding carboxylic acids is 2. The molecule has 3 aromatic rings. The summed E-state index contributed by atoms with van der Waals surface area (Å²) in [5.41, 5.74) is 1.47. The first-order chi connectivity index (χ1) is 16.3. The first-order valence-electron chi connectivity index (χ1n) is 11.3. The van der Waals surface area contributed by atoms with Crippen molar-refractivity contribution in [2.45, 2.75) is 31.3 Å². The summed E-state index contributed by atoms with van der Waals surface area (Å²) in [4.78, 5) is 34.6. The molecular weight excluding hydrogens is 432 g/mol. The summed E-state index contributed by atoms with van der Waals surface area (Å²) < 4.78 is 11.0. The van der Waals surface area contributed by atoms with E-state index in [2.05, 4.69) is 10.3 Å². The minimum Gasteiger partial charge on any atom is -0.496 e. The van der Waals surface area contributed by atoms with E-state index in [0.29, 0.717) is 47.8 Å². The molecule has 1 spiro atoms. The summed E-state index contributed by atoms with van der Waals surface area (Å²) in [6, 6.07) is 13.4. The Morgan fingerprint density at radius 2 is 1.97 bits per heavy atom. The molecule has 0 saturated carbocycles. The Morgan fingerprint density at radius 3 is 2.65 bits per heavy atom. The molecule has 0 aliphatic carbocycles. The van der Waals surface area contributed by atoms with Gasteiger partial charge in [-0.05, 0) is 25.5 Å². The van der Waals surface area contributed by atoms with Gasteiger partial charge in [-0.1, -0.05) is 30.3 Å². The molecule has 1 fully saturated rings. The molecule has 1 N–H and O–H groups in total. The maximum absolute atomic E-state index is 13.6. The van der Waals surface area contributed by atoms with Gasteiger partial charge in [0.1, 0.15) is 11.4 Å². The molecule has 34 heavy (non-hydrogen) atoms. The van der Waals surface area contributed by atoms with Crippen molar-refractivity contribution in [3.8, 4) is 17.1 Å². The summed E-state index contributed by atoms with van der Waals surface area (Å²) in [5, 5.41) is 3.56. The molecule has 0 bridgehead atoms. The van der Waals surface area contributed by atoms with E-state index < -0.39 is 11.1 Å². The summed E-state index contributed by atoms with van der Waals surface area (Å²) in [7, 11) is 3.36. The molecule has 2 aromatic carbocycles. The third-order valence-corrected chi connectivity index (χ3v) is 7.15. The first-order valence-corrected chi connectivity index (χ1v) is 11.3. The smallest absolute Gasteiger partial charge is 0.257 e. The lowest BCUT2D eigenvalue weighted by Gasteiger charge is -2.44. The summed E-state index contributed by atoms with van der Waals surface area (Å²) in [5.74, 6) is 1.03. The lowest BCUT2D eigenvalue weighted by Crippen LogP contribution is -2.60. The van der Waals surface area contributed by atoms with Crippen molar-refractivity contribution in [2.75, 3.05) is 32.6 Å². The highest BCUT2D eigenvalue weighted by Crippen LogP contribution is 2.42. The maximum atomic E-state index is 13.6. The zero-order chi connectivity index (χ0) is 24.1. The fraction of sp³-hybridized carbons (Fsp3) is 0.346. The molecule has 1 aromatic heterocycles. The number of fused-ring (bicyclic) bond motifs is 1. The maximum Gasteiger partial charge on any atom is 0.257 e. The molecule has 3 heterocycles. The zero-order valence-corrected chi connectivity index (χ0v) is 19.8. The number of rotatable bonds is 4. The standard InChI is InChI=1S/C26H28N4O4/c1-25(2,17-8-6-5-7-9-17)24(32)30-11-10-26(15-30)28-20-13-21(33-4)19(22-14-27-16-34-22)12-18(20)23(31)29(26)3/h5-9,12-14,16,28H,10-11,15H2,1-4H3. The molecule has 1 atom stereocenters. The predicted molar refractivity (Wildman–Crippen MR) is 128 cm³/mol. The van der Waals surface area contributed by atoms with Crippen LogP contribution in [0.25, 0.3) is 11.3 Å². The third kappa shape index (κ3) is 3.32. The Bertz CT molecular complexity index is 1240. The van der Waals surface area contributed by atoms with Crippen LogP contribution in [-0.2, 0) is 10.2 Å². The van der Waals surface area contributed by atoms with Gasteiger partial charge in [0, 0.05) is 26.1 Å². The number of aromatic nitrogens is 1. The number of oxazole rings is 1. The van der Waals surface area contributed by atoms with Crippen LogP contribution in [0.1, 0.15) is 36.2 Å². The Labute approximate surface area is 198 Å². The van der Waals surface area contributed by atoms with Gasteiger partial charge in [-0.3, -0.25) is 9.59 Å². The van der Waals surface area contributed by atoms with Crippen LogP contribution in [0.3, 0.4) is 0 Å². The van der Waals surface area contributed by atoms with Gasteiger partial charge in [-0.15, -0.1) is 0 Å². The second kappa shape index (κ2) is 7.90. The van der Waals surface area contributed by atoms with Crippen LogP contribution in [0.2, 0.25) is 0 Å². The second-order valence-corrected chi connectivity index (χ2v) is 9.45. The van der Waals surface area contributed by atoms with Gasteiger partial charge >= 0.3 is 0 Å². The van der Waals surface area contributed by atoms with Crippen LogP contribution in [0.15, 0.2) is 59.5 Å². The van der Waals surface area contributed by atoms with Gasteiger partial charge in [0.25, 0.3) is 5.91 Å². The van der Waals surface area contributed by atoms with Gasteiger partial charge in [0.05, 0.1) is 42.1 Å². The number of nitrogens with one attached hydrogen (secondary N) is 1. The number of hydrogen-bond donors (Lipinski definition) is 1. The van der Waals surface area contributed by atoms with Crippen molar-refractivity contribution >= 4 is 17.5 Å². The number of anilines is 1. The van der Waals surface area contributed by atoms with Crippen LogP contribution in [0, 0.1) is 0 Å². The number of methoxy groups -OCH3 is 1. The van der Waals surface area contributed by atoms with Crippen molar-refractivity contribution in [2.24, 2.45) is 0 Å². The van der Waals surface area contributed by atoms with Gasteiger partial charge in [0.2, 0.25) is 5.91 Å². The average Bonchev–Trinajstić information content (AvgIpc) is 3.53. The molecule has 1 unspecified atom stereocenters. The third-order valence-electron chi connectivity index (χ3n) is 7.15. The zero-order valence-electron chi connectivity index (χ0n) is 19.8. The summed E-state index contributed by atoms with van der Waals surface area (Å²) in [6.07, 6.45) is 3.55. The van der Waals surface area contributed by atoms with E-state index in [0.717, 1.165) is 5.56 Å². The van der Waals surface area contributed by atoms with Crippen molar-refractivity contribution in [1.82, 2.24) is 14.8 Å². The molecule has 1 saturated heterocycles. The van der Waals surface area contributed by atoms with Crippen molar-refractivity contribution < 1.29 is 18.7 Å². The Kier molecular flexibility index (Phi) is 5.11. The summed E-state index contributed by atoms with van der Waals surface area (Å²) in [6.45, 7) is 4.85. The molecule has 2 aliphatic rings. The van der Waals surface area contributed by atoms with E-state index in [9.17, 15) is 9.59 Å². The van der Waals surface area contributed by atoms with Crippen LogP contribution in [-0.4, -0.2) is 59.5 Å². The van der Waals surface area contributed by atoms with E-state index in [1.54, 1.807) is 31.3 Å². The van der Waals surface area contributed by atoms with Gasteiger partial charge in [-0.2, -0.15) is 0 Å². The Balaban J connectivity index is 1.45. The van der Waals surface area contributed by atoms with Gasteiger partial charge in [-0.25, -0.2) is 4.98 Å². The monoisotopic (exact) mass is 460 g/mol. The van der Waals surface area contributed by atoms with Gasteiger partial charge in [0.15, 0.2) is 12.2 Å². The Morgan fingerprint density at radius 1 is 1.21 bits per heavy atom. The SMILES string of the molecule is COc1cc2c(cc1-c1cnco1)C(=O)N(C)C1(CCN(C(=O)C(C)(C)c3ccccc3)C1)N2. The van der Waals surface area contributed by atoms with Crippen LogP contribution >= 0.6 is 0 Å². The van der Waals surface area contributed by atoms with Crippen LogP contribution in [0.4, 0.5) is 5.69 Å². The number of likely N-dealkylation sites (tertiary alicyclic amines) is 1. The van der Waals surface area contributed by atoms with E-state index in [4.69, 9.17) is 9.15 Å². The molecule has 176 valence electrons. The molecule has 8 heteroatoms.